The Balaban J connectivity index is 2.09. The molecule has 2 aromatic carbocycles. The van der Waals surface area contributed by atoms with Crippen molar-refractivity contribution in [3.63, 3.8) is 0 Å². The van der Waals surface area contributed by atoms with Gasteiger partial charge >= 0.3 is 0 Å². The second-order valence-corrected chi connectivity index (χ2v) is 5.86. The van der Waals surface area contributed by atoms with Crippen LogP contribution in [0.4, 0.5) is 11.4 Å². The molecule has 2 aromatic rings. The number of carbonyl (C=O) groups is 1. The van der Waals surface area contributed by atoms with Crippen LogP contribution in [-0.4, -0.2) is 22.4 Å². The first-order chi connectivity index (χ1) is 11.3. The van der Waals surface area contributed by atoms with Crippen molar-refractivity contribution >= 4 is 17.2 Å². The summed E-state index contributed by atoms with van der Waals surface area (Å²) < 4.78 is 0. The molecule has 6 heteroatoms. The molecule has 0 amide bonds. The molecule has 0 spiro atoms. The van der Waals surface area contributed by atoms with Crippen LogP contribution in [0.3, 0.4) is 0 Å². The number of nitrogens with zero attached hydrogens (tertiary/aromatic N) is 1. The van der Waals surface area contributed by atoms with Gasteiger partial charge in [-0.2, -0.15) is 0 Å². The van der Waals surface area contributed by atoms with E-state index in [0.29, 0.717) is 24.2 Å². The van der Waals surface area contributed by atoms with Gasteiger partial charge in [0.15, 0.2) is 5.78 Å². The third kappa shape index (κ3) is 4.17. The number of anilines is 1. The van der Waals surface area contributed by atoms with Crippen molar-refractivity contribution in [3.05, 3.63) is 69.8 Å². The highest BCUT2D eigenvalue weighted by atomic mass is 16.6. The quantitative estimate of drug-likeness (QED) is 0.461. The first kappa shape index (κ1) is 17.6. The molecule has 1 unspecified atom stereocenters. The Morgan fingerprint density at radius 3 is 2.50 bits per heavy atom. The van der Waals surface area contributed by atoms with Gasteiger partial charge in [0, 0.05) is 18.2 Å². The minimum absolute atomic E-state index is 0.151. The van der Waals surface area contributed by atoms with Crippen molar-refractivity contribution < 1.29 is 14.8 Å². The molecule has 0 saturated carbocycles. The fourth-order valence-corrected chi connectivity index (χ4v) is 2.43. The molecule has 0 saturated heterocycles. The zero-order chi connectivity index (χ0) is 17.7. The molecule has 0 fully saturated rings. The Kier molecular flexibility index (Phi) is 5.31. The van der Waals surface area contributed by atoms with Gasteiger partial charge in [-0.1, -0.05) is 30.3 Å². The average molecular weight is 328 g/mol. The minimum atomic E-state index is -1.04. The molecule has 0 heterocycles. The average Bonchev–Trinajstić information content (AvgIpc) is 2.55. The molecule has 0 bridgehead atoms. The number of hydrogen-bond donors (Lipinski definition) is 2. The van der Waals surface area contributed by atoms with Crippen LogP contribution in [0.25, 0.3) is 0 Å². The fourth-order valence-electron chi connectivity index (χ4n) is 2.43. The second-order valence-electron chi connectivity index (χ2n) is 5.86. The van der Waals surface area contributed by atoms with E-state index in [1.807, 2.05) is 30.3 Å². The molecule has 6 nitrogen and oxygen atoms in total. The smallest absolute Gasteiger partial charge is 0.293 e. The molecular formula is C18H20N2O4. The number of nitrogens with one attached hydrogen (secondary N) is 1. The van der Waals surface area contributed by atoms with Gasteiger partial charge in [-0.3, -0.25) is 14.9 Å². The summed E-state index contributed by atoms with van der Waals surface area (Å²) in [6.07, 6.45) is 0.378. The van der Waals surface area contributed by atoms with Gasteiger partial charge in [-0.25, -0.2) is 0 Å². The highest BCUT2D eigenvalue weighted by Gasteiger charge is 2.23. The van der Waals surface area contributed by atoms with Gasteiger partial charge in [0.05, 0.1) is 10.5 Å². The highest BCUT2D eigenvalue weighted by Crippen LogP contribution is 2.28. The van der Waals surface area contributed by atoms with Crippen LogP contribution in [0.15, 0.2) is 48.5 Å². The maximum Gasteiger partial charge on any atom is 0.293 e. The standard InChI is InChI=1S/C18H20N2O4/c1-13(21)14-8-9-16(17(12-14)20(23)24)19-11-10-18(2,22)15-6-4-3-5-7-15/h3-9,12,19,22H,10-11H2,1-2H3. The Labute approximate surface area is 140 Å². The van der Waals surface area contributed by atoms with Crippen LogP contribution in [0, 0.1) is 10.1 Å². The predicted molar refractivity (Wildman–Crippen MR) is 92.2 cm³/mol. The van der Waals surface area contributed by atoms with Crippen molar-refractivity contribution in [3.8, 4) is 0 Å². The Morgan fingerprint density at radius 2 is 1.92 bits per heavy atom. The van der Waals surface area contributed by atoms with Crippen LogP contribution < -0.4 is 5.32 Å². The third-order valence-electron chi connectivity index (χ3n) is 3.92. The van der Waals surface area contributed by atoms with E-state index in [9.17, 15) is 20.0 Å². The zero-order valence-corrected chi connectivity index (χ0v) is 13.7. The largest absolute Gasteiger partial charge is 0.385 e. The van der Waals surface area contributed by atoms with Gasteiger partial charge < -0.3 is 10.4 Å². The molecule has 0 aliphatic rings. The second kappa shape index (κ2) is 7.23. The number of benzene rings is 2. The van der Waals surface area contributed by atoms with E-state index in [4.69, 9.17) is 0 Å². The zero-order valence-electron chi connectivity index (χ0n) is 13.7. The Bertz CT molecular complexity index is 742. The van der Waals surface area contributed by atoms with Crippen LogP contribution in [-0.2, 0) is 5.60 Å². The summed E-state index contributed by atoms with van der Waals surface area (Å²) in [7, 11) is 0. The van der Waals surface area contributed by atoms with Crippen molar-refractivity contribution in [2.75, 3.05) is 11.9 Å². The summed E-state index contributed by atoms with van der Waals surface area (Å²) in [6, 6.07) is 13.6. The molecule has 1 atom stereocenters. The number of carbonyl (C=O) groups excluding carboxylic acids is 1. The van der Waals surface area contributed by atoms with E-state index in [2.05, 4.69) is 5.32 Å². The monoisotopic (exact) mass is 328 g/mol. The van der Waals surface area contributed by atoms with Crippen LogP contribution in [0.2, 0.25) is 0 Å². The van der Waals surface area contributed by atoms with Gasteiger partial charge in [-0.15, -0.1) is 0 Å². The van der Waals surface area contributed by atoms with Crippen LogP contribution in [0.1, 0.15) is 36.2 Å². The molecular weight excluding hydrogens is 308 g/mol. The third-order valence-corrected chi connectivity index (χ3v) is 3.92. The summed E-state index contributed by atoms with van der Waals surface area (Å²) in [4.78, 5) is 22.0. The molecule has 0 aliphatic heterocycles. The number of nitro groups is 1. The molecule has 24 heavy (non-hydrogen) atoms. The lowest BCUT2D eigenvalue weighted by Crippen LogP contribution is -2.24. The lowest BCUT2D eigenvalue weighted by molar-refractivity contribution is -0.384. The van der Waals surface area contributed by atoms with E-state index in [-0.39, 0.29) is 11.5 Å². The lowest BCUT2D eigenvalue weighted by Gasteiger charge is -2.24. The van der Waals surface area contributed by atoms with Crippen molar-refractivity contribution in [2.24, 2.45) is 0 Å². The summed E-state index contributed by atoms with van der Waals surface area (Å²) in [5.74, 6) is -0.225. The maximum atomic E-state index is 11.4. The van der Waals surface area contributed by atoms with Crippen molar-refractivity contribution in [1.29, 1.82) is 0 Å². The van der Waals surface area contributed by atoms with E-state index >= 15 is 0 Å². The normalized spacial score (nSPS) is 13.1. The minimum Gasteiger partial charge on any atom is -0.385 e. The lowest BCUT2D eigenvalue weighted by atomic mass is 9.92. The summed E-state index contributed by atoms with van der Waals surface area (Å²) in [5.41, 5.74) is 0.218. The fraction of sp³-hybridized carbons (Fsp3) is 0.278. The number of hydrogen-bond acceptors (Lipinski definition) is 5. The molecule has 2 N–H and O–H groups in total. The van der Waals surface area contributed by atoms with Gasteiger partial charge in [0.25, 0.3) is 5.69 Å². The molecule has 0 aliphatic carbocycles. The number of aliphatic hydroxyl groups is 1. The van der Waals surface area contributed by atoms with Crippen molar-refractivity contribution in [1.82, 2.24) is 0 Å². The van der Waals surface area contributed by atoms with E-state index < -0.39 is 10.5 Å². The summed E-state index contributed by atoms with van der Waals surface area (Å²) >= 11 is 0. The SMILES string of the molecule is CC(=O)c1ccc(NCCC(C)(O)c2ccccc2)c([N+](=O)[O-])c1. The first-order valence-electron chi connectivity index (χ1n) is 7.62. The van der Waals surface area contributed by atoms with Crippen LogP contribution in [0.5, 0.6) is 0 Å². The first-order valence-corrected chi connectivity index (χ1v) is 7.62. The Morgan fingerprint density at radius 1 is 1.25 bits per heavy atom. The van der Waals surface area contributed by atoms with Gasteiger partial charge in [0.2, 0.25) is 0 Å². The topological polar surface area (TPSA) is 92.5 Å². The maximum absolute atomic E-state index is 11.4. The van der Waals surface area contributed by atoms with E-state index in [1.165, 1.54) is 19.1 Å². The van der Waals surface area contributed by atoms with E-state index in [0.717, 1.165) is 5.56 Å². The molecule has 0 aromatic heterocycles. The molecule has 0 radical (unpaired) electrons. The van der Waals surface area contributed by atoms with Crippen molar-refractivity contribution in [2.45, 2.75) is 25.9 Å². The molecule has 126 valence electrons. The summed E-state index contributed by atoms with van der Waals surface area (Å²) in [6.45, 7) is 3.42. The number of ketones is 1. The predicted octanol–water partition coefficient (Wildman–Crippen LogP) is 3.51. The van der Waals surface area contributed by atoms with Gasteiger partial charge in [0.1, 0.15) is 5.69 Å². The number of nitro benzene ring substituents is 1. The number of Topliss-reactive ketones (excluding diaryl/α,β-unsaturated/α-hetero) is 1. The van der Waals surface area contributed by atoms with Gasteiger partial charge in [-0.05, 0) is 38.0 Å². The molecule has 2 rings (SSSR count). The number of rotatable bonds is 7. The van der Waals surface area contributed by atoms with Crippen LogP contribution >= 0.6 is 0 Å². The van der Waals surface area contributed by atoms with E-state index in [1.54, 1.807) is 13.0 Å². The summed E-state index contributed by atoms with van der Waals surface area (Å²) in [5, 5.41) is 24.7. The Hall–Kier alpha value is -2.73. The highest BCUT2D eigenvalue weighted by molar-refractivity contribution is 5.95.